The van der Waals surface area contributed by atoms with E-state index in [9.17, 15) is 8.78 Å². The summed E-state index contributed by atoms with van der Waals surface area (Å²) in [4.78, 5) is 16.2. The van der Waals surface area contributed by atoms with Crippen LogP contribution in [0.2, 0.25) is 5.02 Å². The molecule has 0 radical (unpaired) electrons. The van der Waals surface area contributed by atoms with Crippen LogP contribution in [-0.4, -0.2) is 35.1 Å². The van der Waals surface area contributed by atoms with Crippen molar-refractivity contribution >= 4 is 17.8 Å². The van der Waals surface area contributed by atoms with Gasteiger partial charge in [0.15, 0.2) is 0 Å². The summed E-state index contributed by atoms with van der Waals surface area (Å²) in [7, 11) is 1.59. The first-order valence-electron chi connectivity index (χ1n) is 9.77. The highest BCUT2D eigenvalue weighted by atomic mass is 35.5. The molecule has 1 heterocycles. The number of halogens is 3. The lowest BCUT2D eigenvalue weighted by Gasteiger charge is -2.28. The maximum atomic E-state index is 13.3. The summed E-state index contributed by atoms with van der Waals surface area (Å²) in [6, 6.07) is 5.51. The second-order valence-corrected chi connectivity index (χ2v) is 7.28. The van der Waals surface area contributed by atoms with Crippen molar-refractivity contribution in [3.8, 4) is 22.8 Å². The topological polar surface area (TPSA) is 70.4 Å². The van der Waals surface area contributed by atoms with Crippen molar-refractivity contribution in [1.29, 1.82) is 0 Å². The highest BCUT2D eigenvalue weighted by molar-refractivity contribution is 6.33. The average Bonchev–Trinajstić information content (AvgIpc) is 3.05. The predicted octanol–water partition coefficient (Wildman–Crippen LogP) is 5.17. The molecule has 9 heteroatoms. The molecule has 6 nitrogen and oxygen atoms in total. The summed E-state index contributed by atoms with van der Waals surface area (Å²) in [5.41, 5.74) is 2.50. The van der Waals surface area contributed by atoms with Crippen molar-refractivity contribution in [2.45, 2.75) is 64.5 Å². The zero-order valence-corrected chi connectivity index (χ0v) is 18.0. The number of carbonyl (C=O) groups excluding carboxylic acids is 2. The van der Waals surface area contributed by atoms with Crippen molar-refractivity contribution in [2.75, 3.05) is 7.11 Å². The lowest BCUT2D eigenvalue weighted by Crippen LogP contribution is -2.30. The third-order valence-electron chi connectivity index (χ3n) is 4.99. The SMILES string of the molecule is CCc1nn(CC)c(-c2ccc(OC3CCC(F)(F)CC3)cc2OC)c1Cl.O=C=O. The quantitative estimate of drug-likeness (QED) is 0.617. The molecule has 0 aliphatic heterocycles. The maximum Gasteiger partial charge on any atom is 0.373 e. The van der Waals surface area contributed by atoms with Gasteiger partial charge in [0.1, 0.15) is 11.5 Å². The minimum atomic E-state index is -2.56. The molecular weight excluding hydrogens is 418 g/mol. The van der Waals surface area contributed by atoms with Gasteiger partial charge in [-0.1, -0.05) is 18.5 Å². The van der Waals surface area contributed by atoms with Gasteiger partial charge in [0, 0.05) is 31.0 Å². The summed E-state index contributed by atoms with van der Waals surface area (Å²) in [5.74, 6) is -1.33. The Morgan fingerprint density at radius 2 is 1.90 bits per heavy atom. The molecule has 1 aromatic carbocycles. The molecule has 1 aliphatic carbocycles. The van der Waals surface area contributed by atoms with E-state index < -0.39 is 5.92 Å². The smallest absolute Gasteiger partial charge is 0.373 e. The Hall–Kier alpha value is -2.44. The van der Waals surface area contributed by atoms with Crippen LogP contribution in [0.15, 0.2) is 18.2 Å². The third-order valence-corrected chi connectivity index (χ3v) is 5.39. The van der Waals surface area contributed by atoms with E-state index in [1.54, 1.807) is 13.2 Å². The van der Waals surface area contributed by atoms with Crippen LogP contribution in [0.4, 0.5) is 8.78 Å². The predicted molar refractivity (Wildman–Crippen MR) is 107 cm³/mol. The van der Waals surface area contributed by atoms with Gasteiger partial charge in [-0.15, -0.1) is 0 Å². The highest BCUT2D eigenvalue weighted by Crippen LogP contribution is 2.40. The van der Waals surface area contributed by atoms with Crippen molar-refractivity contribution in [3.63, 3.8) is 0 Å². The molecule has 1 aliphatic rings. The summed E-state index contributed by atoms with van der Waals surface area (Å²) >= 11 is 6.55. The van der Waals surface area contributed by atoms with E-state index in [0.29, 0.717) is 35.9 Å². The molecule has 2 aromatic rings. The lowest BCUT2D eigenvalue weighted by molar-refractivity contribution is -0.191. The Bertz CT molecular complexity index is 885. The Morgan fingerprint density at radius 3 is 2.43 bits per heavy atom. The molecule has 0 atom stereocenters. The largest absolute Gasteiger partial charge is 0.496 e. The molecule has 0 N–H and O–H groups in total. The van der Waals surface area contributed by atoms with Crippen LogP contribution >= 0.6 is 11.6 Å². The van der Waals surface area contributed by atoms with E-state index in [-0.39, 0.29) is 25.1 Å². The van der Waals surface area contributed by atoms with Gasteiger partial charge in [0.2, 0.25) is 5.92 Å². The second-order valence-electron chi connectivity index (χ2n) is 6.90. The van der Waals surface area contributed by atoms with Crippen molar-refractivity contribution in [2.24, 2.45) is 0 Å². The first-order chi connectivity index (χ1) is 14.3. The molecule has 0 bridgehead atoms. The Kier molecular flexibility index (Phi) is 8.38. The van der Waals surface area contributed by atoms with E-state index in [1.165, 1.54) is 0 Å². The van der Waals surface area contributed by atoms with Gasteiger partial charge >= 0.3 is 6.15 Å². The molecule has 0 saturated heterocycles. The molecule has 0 amide bonds. The number of aryl methyl sites for hydroxylation is 2. The number of alkyl halides is 2. The van der Waals surface area contributed by atoms with Gasteiger partial charge in [-0.2, -0.15) is 14.7 Å². The zero-order chi connectivity index (χ0) is 22.3. The summed E-state index contributed by atoms with van der Waals surface area (Å²) < 4.78 is 40.0. The van der Waals surface area contributed by atoms with E-state index in [4.69, 9.17) is 30.7 Å². The van der Waals surface area contributed by atoms with Gasteiger partial charge in [-0.05, 0) is 38.3 Å². The summed E-state index contributed by atoms with van der Waals surface area (Å²) in [6.07, 6.45) is 1.25. The normalized spacial score (nSPS) is 15.7. The molecule has 1 saturated carbocycles. The van der Waals surface area contributed by atoms with Gasteiger partial charge < -0.3 is 9.47 Å². The fourth-order valence-electron chi connectivity index (χ4n) is 3.47. The molecule has 3 rings (SSSR count). The Balaban J connectivity index is 0.00000101. The summed E-state index contributed by atoms with van der Waals surface area (Å²) in [5, 5.41) is 5.18. The zero-order valence-electron chi connectivity index (χ0n) is 17.2. The van der Waals surface area contributed by atoms with Crippen LogP contribution < -0.4 is 9.47 Å². The van der Waals surface area contributed by atoms with Gasteiger partial charge in [0.05, 0.1) is 29.6 Å². The summed E-state index contributed by atoms with van der Waals surface area (Å²) in [6.45, 7) is 4.71. The van der Waals surface area contributed by atoms with E-state index in [0.717, 1.165) is 23.4 Å². The van der Waals surface area contributed by atoms with Crippen molar-refractivity contribution in [1.82, 2.24) is 9.78 Å². The maximum absolute atomic E-state index is 13.3. The first-order valence-corrected chi connectivity index (χ1v) is 10.1. The molecule has 0 unspecified atom stereocenters. The number of benzene rings is 1. The van der Waals surface area contributed by atoms with Crippen molar-refractivity contribution < 1.29 is 27.8 Å². The number of rotatable bonds is 6. The minimum absolute atomic E-state index is 0.127. The number of ether oxygens (including phenoxy) is 2. The Morgan fingerprint density at radius 1 is 1.27 bits per heavy atom. The number of aromatic nitrogens is 2. The molecule has 1 aromatic heterocycles. The average molecular weight is 443 g/mol. The third kappa shape index (κ3) is 5.58. The van der Waals surface area contributed by atoms with Gasteiger partial charge in [0.25, 0.3) is 0 Å². The molecule has 164 valence electrons. The van der Waals surface area contributed by atoms with Crippen LogP contribution in [0.3, 0.4) is 0 Å². The van der Waals surface area contributed by atoms with E-state index in [2.05, 4.69) is 5.10 Å². The number of hydrogen-bond acceptors (Lipinski definition) is 5. The van der Waals surface area contributed by atoms with Gasteiger partial charge in [-0.25, -0.2) is 8.78 Å². The first kappa shape index (κ1) is 23.8. The molecule has 1 fully saturated rings. The molecular formula is C21H25ClF2N2O4. The second kappa shape index (κ2) is 10.5. The Labute approximate surface area is 179 Å². The lowest BCUT2D eigenvalue weighted by atomic mass is 9.94. The van der Waals surface area contributed by atoms with Crippen LogP contribution in [0.5, 0.6) is 11.5 Å². The fraction of sp³-hybridized carbons (Fsp3) is 0.524. The standard InChI is InChI=1S/C20H25ClF2N2O2.CO2/c1-4-16-18(21)19(25(5-2)24-16)15-7-6-14(12-17(15)26-3)27-13-8-10-20(22,23)11-9-13;2-1-3/h6-7,12-13H,4-5,8-11H2,1-3H3;. The van der Waals surface area contributed by atoms with Crippen molar-refractivity contribution in [3.05, 3.63) is 28.9 Å². The van der Waals surface area contributed by atoms with Crippen LogP contribution in [0.25, 0.3) is 11.3 Å². The van der Waals surface area contributed by atoms with Gasteiger partial charge in [-0.3, -0.25) is 4.68 Å². The van der Waals surface area contributed by atoms with Crippen LogP contribution in [0.1, 0.15) is 45.2 Å². The van der Waals surface area contributed by atoms with E-state index >= 15 is 0 Å². The number of nitrogens with zero attached hydrogens (tertiary/aromatic N) is 2. The molecule has 0 spiro atoms. The fourth-order valence-corrected chi connectivity index (χ4v) is 3.84. The molecule has 30 heavy (non-hydrogen) atoms. The minimum Gasteiger partial charge on any atom is -0.496 e. The van der Waals surface area contributed by atoms with Crippen LogP contribution in [-0.2, 0) is 22.6 Å². The monoisotopic (exact) mass is 442 g/mol. The van der Waals surface area contributed by atoms with E-state index in [1.807, 2.05) is 30.7 Å². The van der Waals surface area contributed by atoms with Crippen LogP contribution in [0, 0.1) is 0 Å². The number of methoxy groups -OCH3 is 1. The highest BCUT2D eigenvalue weighted by Gasteiger charge is 2.35. The number of hydrogen-bond donors (Lipinski definition) is 0.